The fraction of sp³-hybridized carbons (Fsp3) is 0.417. The SMILES string of the molecule is CC1(C)C(=O)N(CN2CCC(NC(=O)c3ccccc3)CC2)[C@H]1c1ccccc1. The van der Waals surface area contributed by atoms with Gasteiger partial charge in [0.25, 0.3) is 5.91 Å². The van der Waals surface area contributed by atoms with Crippen molar-refractivity contribution in [1.29, 1.82) is 0 Å². The van der Waals surface area contributed by atoms with Crippen molar-refractivity contribution in [3.63, 3.8) is 0 Å². The van der Waals surface area contributed by atoms with Crippen LogP contribution < -0.4 is 5.32 Å². The minimum atomic E-state index is -0.358. The Morgan fingerprint density at radius 2 is 1.59 bits per heavy atom. The van der Waals surface area contributed by atoms with Crippen molar-refractivity contribution in [2.45, 2.75) is 38.8 Å². The summed E-state index contributed by atoms with van der Waals surface area (Å²) in [6, 6.07) is 20.0. The van der Waals surface area contributed by atoms with Crippen LogP contribution in [0.25, 0.3) is 0 Å². The largest absolute Gasteiger partial charge is 0.349 e. The van der Waals surface area contributed by atoms with E-state index >= 15 is 0 Å². The van der Waals surface area contributed by atoms with E-state index in [1.165, 1.54) is 5.56 Å². The zero-order chi connectivity index (χ0) is 20.4. The van der Waals surface area contributed by atoms with Crippen LogP contribution in [0.4, 0.5) is 0 Å². The van der Waals surface area contributed by atoms with Gasteiger partial charge in [-0.3, -0.25) is 14.5 Å². The van der Waals surface area contributed by atoms with Gasteiger partial charge >= 0.3 is 0 Å². The van der Waals surface area contributed by atoms with E-state index in [0.29, 0.717) is 12.2 Å². The number of nitrogens with zero attached hydrogens (tertiary/aromatic N) is 2. The maximum Gasteiger partial charge on any atom is 0.251 e. The van der Waals surface area contributed by atoms with E-state index in [1.54, 1.807) is 0 Å². The fourth-order valence-corrected chi connectivity index (χ4v) is 4.60. The third-order valence-corrected chi connectivity index (χ3v) is 6.23. The maximum absolute atomic E-state index is 12.7. The van der Waals surface area contributed by atoms with Crippen molar-refractivity contribution in [2.24, 2.45) is 5.41 Å². The second-order valence-corrected chi connectivity index (χ2v) is 8.68. The molecular formula is C24H29N3O2. The lowest BCUT2D eigenvalue weighted by Crippen LogP contribution is -2.63. The standard InChI is InChI=1S/C24H29N3O2/c1-24(2)21(18-9-5-3-6-10-18)27(23(24)29)17-26-15-13-20(14-16-26)25-22(28)19-11-7-4-8-12-19/h3-12,20-21H,13-17H2,1-2H3,(H,25,28)/t21-/m0/s1. The zero-order valence-electron chi connectivity index (χ0n) is 17.2. The summed E-state index contributed by atoms with van der Waals surface area (Å²) in [6.07, 6.45) is 1.81. The van der Waals surface area contributed by atoms with Gasteiger partial charge in [-0.15, -0.1) is 0 Å². The second kappa shape index (κ2) is 7.99. The topological polar surface area (TPSA) is 52.7 Å². The number of hydrogen-bond acceptors (Lipinski definition) is 3. The fourth-order valence-electron chi connectivity index (χ4n) is 4.60. The van der Waals surface area contributed by atoms with Gasteiger partial charge in [-0.1, -0.05) is 48.5 Å². The Morgan fingerprint density at radius 1 is 1.00 bits per heavy atom. The number of rotatable bonds is 5. The summed E-state index contributed by atoms with van der Waals surface area (Å²) >= 11 is 0. The lowest BCUT2D eigenvalue weighted by Gasteiger charge is -2.54. The Bertz CT molecular complexity index is 858. The maximum atomic E-state index is 12.7. The molecule has 2 heterocycles. The molecule has 2 aromatic rings. The molecule has 2 fully saturated rings. The summed E-state index contributed by atoms with van der Waals surface area (Å²) in [5, 5.41) is 3.15. The summed E-state index contributed by atoms with van der Waals surface area (Å²) in [4.78, 5) is 29.4. The highest BCUT2D eigenvalue weighted by molar-refractivity contribution is 5.94. The van der Waals surface area contributed by atoms with Gasteiger partial charge in [0.05, 0.1) is 18.1 Å². The van der Waals surface area contributed by atoms with Gasteiger partial charge in [-0.25, -0.2) is 0 Å². The van der Waals surface area contributed by atoms with Gasteiger partial charge in [0.2, 0.25) is 5.91 Å². The van der Waals surface area contributed by atoms with E-state index in [0.717, 1.165) is 25.9 Å². The average Bonchev–Trinajstić information content (AvgIpc) is 2.75. The molecule has 2 aliphatic heterocycles. The Balaban J connectivity index is 1.32. The predicted molar refractivity (Wildman–Crippen MR) is 113 cm³/mol. The molecular weight excluding hydrogens is 362 g/mol. The predicted octanol–water partition coefficient (Wildman–Crippen LogP) is 3.45. The molecule has 0 aliphatic carbocycles. The summed E-state index contributed by atoms with van der Waals surface area (Å²) < 4.78 is 0. The Labute approximate surface area is 172 Å². The minimum absolute atomic E-state index is 0.00661. The van der Waals surface area contributed by atoms with Crippen molar-refractivity contribution in [3.05, 3.63) is 71.8 Å². The van der Waals surface area contributed by atoms with Crippen molar-refractivity contribution >= 4 is 11.8 Å². The van der Waals surface area contributed by atoms with Gasteiger partial charge < -0.3 is 10.2 Å². The van der Waals surface area contributed by atoms with E-state index in [4.69, 9.17) is 0 Å². The van der Waals surface area contributed by atoms with Gasteiger partial charge in [0.15, 0.2) is 0 Å². The van der Waals surface area contributed by atoms with E-state index in [2.05, 4.69) is 22.3 Å². The van der Waals surface area contributed by atoms with Gasteiger partial charge in [-0.05, 0) is 44.4 Å². The molecule has 1 N–H and O–H groups in total. The summed E-state index contributed by atoms with van der Waals surface area (Å²) in [5.41, 5.74) is 1.54. The van der Waals surface area contributed by atoms with Crippen molar-refractivity contribution in [3.8, 4) is 0 Å². The van der Waals surface area contributed by atoms with Crippen LogP contribution >= 0.6 is 0 Å². The van der Waals surface area contributed by atoms with E-state index in [-0.39, 0.29) is 29.3 Å². The van der Waals surface area contributed by atoms with Crippen LogP contribution in [0, 0.1) is 5.41 Å². The van der Waals surface area contributed by atoms with E-state index in [9.17, 15) is 9.59 Å². The molecule has 0 radical (unpaired) electrons. The number of benzene rings is 2. The summed E-state index contributed by atoms with van der Waals surface area (Å²) in [5.74, 6) is 0.207. The van der Waals surface area contributed by atoms with Crippen LogP contribution in [0.5, 0.6) is 0 Å². The lowest BCUT2D eigenvalue weighted by atomic mass is 9.71. The second-order valence-electron chi connectivity index (χ2n) is 8.68. The molecule has 5 heteroatoms. The third kappa shape index (κ3) is 3.92. The Morgan fingerprint density at radius 3 is 2.21 bits per heavy atom. The normalized spacial score (nSPS) is 22.2. The molecule has 5 nitrogen and oxygen atoms in total. The van der Waals surface area contributed by atoms with E-state index in [1.807, 2.05) is 67.3 Å². The molecule has 0 unspecified atom stereocenters. The minimum Gasteiger partial charge on any atom is -0.349 e. The molecule has 0 bridgehead atoms. The number of hydrogen-bond donors (Lipinski definition) is 1. The number of carbonyl (C=O) groups is 2. The first-order chi connectivity index (χ1) is 14.0. The Hall–Kier alpha value is -2.66. The smallest absolute Gasteiger partial charge is 0.251 e. The van der Waals surface area contributed by atoms with Gasteiger partial charge in [-0.2, -0.15) is 0 Å². The summed E-state index contributed by atoms with van der Waals surface area (Å²) in [6.45, 7) is 6.49. The molecule has 2 aliphatic rings. The molecule has 0 saturated carbocycles. The highest BCUT2D eigenvalue weighted by atomic mass is 16.2. The number of carbonyl (C=O) groups excluding carboxylic acids is 2. The van der Waals surface area contributed by atoms with Crippen LogP contribution in [0.3, 0.4) is 0 Å². The Kier molecular flexibility index (Phi) is 5.41. The van der Waals surface area contributed by atoms with Crippen molar-refractivity contribution in [2.75, 3.05) is 19.8 Å². The van der Waals surface area contributed by atoms with E-state index < -0.39 is 0 Å². The first-order valence-electron chi connectivity index (χ1n) is 10.4. The van der Waals surface area contributed by atoms with Gasteiger partial charge in [0.1, 0.15) is 0 Å². The molecule has 2 aromatic carbocycles. The monoisotopic (exact) mass is 391 g/mol. The molecule has 2 saturated heterocycles. The first-order valence-corrected chi connectivity index (χ1v) is 10.4. The molecule has 0 aromatic heterocycles. The van der Waals surface area contributed by atoms with Crippen LogP contribution in [-0.2, 0) is 4.79 Å². The van der Waals surface area contributed by atoms with Crippen LogP contribution in [-0.4, -0.2) is 47.4 Å². The first kappa shape index (κ1) is 19.6. The number of amides is 2. The van der Waals surface area contributed by atoms with Crippen molar-refractivity contribution < 1.29 is 9.59 Å². The number of β-lactam (4-membered cyclic amide) rings is 1. The van der Waals surface area contributed by atoms with Gasteiger partial charge in [0, 0.05) is 24.7 Å². The van der Waals surface area contributed by atoms with Crippen LogP contribution in [0.2, 0.25) is 0 Å². The zero-order valence-corrected chi connectivity index (χ0v) is 17.2. The molecule has 4 rings (SSSR count). The van der Waals surface area contributed by atoms with Crippen LogP contribution in [0.1, 0.15) is 48.7 Å². The lowest BCUT2D eigenvalue weighted by molar-refractivity contribution is -0.174. The molecule has 29 heavy (non-hydrogen) atoms. The average molecular weight is 392 g/mol. The highest BCUT2D eigenvalue weighted by Crippen LogP contribution is 2.49. The number of piperidine rings is 1. The number of likely N-dealkylation sites (tertiary alicyclic amines) is 2. The summed E-state index contributed by atoms with van der Waals surface area (Å²) in [7, 11) is 0. The highest BCUT2D eigenvalue weighted by Gasteiger charge is 2.54. The molecule has 2 amide bonds. The molecule has 0 spiro atoms. The van der Waals surface area contributed by atoms with Crippen molar-refractivity contribution in [1.82, 2.24) is 15.1 Å². The molecule has 152 valence electrons. The quantitative estimate of drug-likeness (QED) is 0.795. The van der Waals surface area contributed by atoms with Crippen LogP contribution in [0.15, 0.2) is 60.7 Å². The number of nitrogens with one attached hydrogen (secondary N) is 1. The third-order valence-electron chi connectivity index (χ3n) is 6.23. The molecule has 1 atom stereocenters.